The largest absolute Gasteiger partial charge is 0.488 e. The average Bonchev–Trinajstić information content (AvgIpc) is 3.40. The van der Waals surface area contributed by atoms with Gasteiger partial charge in [0.15, 0.2) is 17.7 Å². The number of phosphoric ester groups is 1. The predicted molar refractivity (Wildman–Crippen MR) is 133 cm³/mol. The maximum absolute atomic E-state index is 12.2. The lowest BCUT2D eigenvalue weighted by molar-refractivity contribution is -0.118. The zero-order valence-corrected chi connectivity index (χ0v) is 23.3. The summed E-state index contributed by atoms with van der Waals surface area (Å²) in [6, 6.07) is -1.03. The molecule has 224 valence electrons. The summed E-state index contributed by atoms with van der Waals surface area (Å²) >= 11 is -0.148. The van der Waals surface area contributed by atoms with Crippen LogP contribution in [-0.4, -0.2) is 99.9 Å². The highest BCUT2D eigenvalue weighted by atomic mass is 32.7. The van der Waals surface area contributed by atoms with Crippen LogP contribution in [0.15, 0.2) is 12.7 Å². The molecule has 0 aromatic carbocycles. The molecule has 1 aliphatic heterocycles. The van der Waals surface area contributed by atoms with Gasteiger partial charge in [-0.15, -0.1) is 0 Å². The molecule has 21 nitrogen and oxygen atoms in total. The van der Waals surface area contributed by atoms with E-state index >= 15 is 0 Å². The zero-order valence-electron chi connectivity index (χ0n) is 19.8. The first-order valence-corrected chi connectivity index (χ1v) is 16.8. The Bertz CT molecular complexity index is 1380. The second kappa shape index (κ2) is 13.0. The van der Waals surface area contributed by atoms with Crippen LogP contribution in [0.25, 0.3) is 11.2 Å². The Morgan fingerprint density at radius 2 is 1.88 bits per heavy atom. The van der Waals surface area contributed by atoms with E-state index in [9.17, 15) is 48.2 Å². The number of aliphatic hydroxyl groups excluding tert-OH is 2. The van der Waals surface area contributed by atoms with Crippen molar-refractivity contribution in [3.63, 3.8) is 0 Å². The Morgan fingerprint density at radius 3 is 2.55 bits per heavy atom. The van der Waals surface area contributed by atoms with Crippen molar-refractivity contribution < 1.29 is 66.1 Å². The van der Waals surface area contributed by atoms with Crippen molar-refractivity contribution in [3.8, 4) is 0 Å². The number of phosphoric acid groups is 2. The van der Waals surface area contributed by atoms with Crippen molar-refractivity contribution in [1.29, 1.82) is 0 Å². The van der Waals surface area contributed by atoms with E-state index in [2.05, 4.69) is 33.4 Å². The highest BCUT2D eigenvalue weighted by molar-refractivity contribution is 8.55. The first kappa shape index (κ1) is 32.6. The summed E-state index contributed by atoms with van der Waals surface area (Å²) in [5.41, 5.74) is 11.3. The lowest BCUT2D eigenvalue weighted by Crippen LogP contribution is -2.38. The summed E-state index contributed by atoms with van der Waals surface area (Å²) in [7, 11) is -11.3. The number of hydrogen-bond acceptors (Lipinski definition) is 17. The number of aromatic nitrogens is 4. The van der Waals surface area contributed by atoms with Crippen LogP contribution in [0.4, 0.5) is 5.82 Å². The van der Waals surface area contributed by atoms with Crippen LogP contribution in [0, 0.1) is 0 Å². The van der Waals surface area contributed by atoms with Crippen molar-refractivity contribution in [2.24, 2.45) is 5.73 Å². The number of fused-ring (bicyclic) bond motifs is 1. The fourth-order valence-electron chi connectivity index (χ4n) is 3.11. The van der Waals surface area contributed by atoms with Gasteiger partial charge < -0.3 is 51.2 Å². The number of imidazole rings is 1. The fourth-order valence-corrected chi connectivity index (χ4v) is 8.71. The number of aliphatic hydroxyl groups is 2. The molecule has 25 heteroatoms. The summed E-state index contributed by atoms with van der Waals surface area (Å²) in [5, 5.41) is 22.9. The number of rotatable bonds is 14. The Kier molecular flexibility index (Phi) is 10.6. The molecule has 3 unspecified atom stereocenters. The first-order chi connectivity index (χ1) is 18.5. The number of anilines is 1. The Balaban J connectivity index is 1.55. The quantitative estimate of drug-likeness (QED) is 0.0790. The number of aldehydes is 1. The Hall–Kier alpha value is -1.87. The van der Waals surface area contributed by atoms with E-state index in [-0.39, 0.29) is 34.9 Å². The SMILES string of the molecule is Nc1ncnc2c1ncn2[C@@H]1O[C@H](COP(=O)(O)OP(=O)(O)OP(=O)(O)SCC(=O)NC[C@H](N)C=O)[C@@H](O)[C@H]1O. The van der Waals surface area contributed by atoms with Crippen LogP contribution in [0.1, 0.15) is 6.23 Å². The molecule has 10 N–H and O–H groups in total. The summed E-state index contributed by atoms with van der Waals surface area (Å²) < 4.78 is 55.5. The number of amides is 1. The number of ether oxygens (including phenoxy) is 1. The van der Waals surface area contributed by atoms with E-state index in [0.29, 0.717) is 6.29 Å². The second-order valence-corrected chi connectivity index (χ2v) is 15.0. The molecule has 0 aliphatic carbocycles. The minimum atomic E-state index is -5.77. The number of nitrogens with one attached hydrogen (secondary N) is 1. The molecule has 1 saturated heterocycles. The van der Waals surface area contributed by atoms with E-state index in [0.717, 1.165) is 6.33 Å². The third-order valence-corrected chi connectivity index (χ3v) is 11.3. The summed E-state index contributed by atoms with van der Waals surface area (Å²) in [6.45, 7) is -6.39. The molecule has 0 bridgehead atoms. The lowest BCUT2D eigenvalue weighted by atomic mass is 10.1. The van der Waals surface area contributed by atoms with E-state index in [1.165, 1.54) is 10.9 Å². The van der Waals surface area contributed by atoms with Crippen molar-refractivity contribution in [1.82, 2.24) is 24.8 Å². The molecular weight excluding hydrogens is 627 g/mol. The molecule has 0 spiro atoms. The van der Waals surface area contributed by atoms with Crippen LogP contribution in [-0.2, 0) is 41.2 Å². The minimum absolute atomic E-state index is 0.0270. The second-order valence-electron chi connectivity index (χ2n) is 7.87. The van der Waals surface area contributed by atoms with Gasteiger partial charge in [-0.1, -0.05) is 0 Å². The summed E-state index contributed by atoms with van der Waals surface area (Å²) in [4.78, 5) is 63.0. The van der Waals surface area contributed by atoms with E-state index < -0.39 is 71.3 Å². The molecule has 2 aromatic rings. The van der Waals surface area contributed by atoms with E-state index in [4.69, 9.17) is 16.2 Å². The third-order valence-electron chi connectivity index (χ3n) is 4.88. The molecule has 3 heterocycles. The van der Waals surface area contributed by atoms with Crippen LogP contribution in [0.2, 0.25) is 0 Å². The number of nitrogens with two attached hydrogens (primary N) is 2. The molecule has 3 rings (SSSR count). The molecule has 0 radical (unpaired) electrons. The van der Waals surface area contributed by atoms with Gasteiger partial charge in [0.2, 0.25) is 5.91 Å². The van der Waals surface area contributed by atoms with Gasteiger partial charge in [-0.3, -0.25) is 13.9 Å². The molecule has 2 aromatic heterocycles. The molecule has 1 aliphatic rings. The predicted octanol–water partition coefficient (Wildman–Crippen LogP) is -2.25. The Morgan fingerprint density at radius 1 is 1.18 bits per heavy atom. The normalized spacial score (nSPS) is 26.4. The van der Waals surface area contributed by atoms with E-state index in [1.807, 2.05) is 0 Å². The van der Waals surface area contributed by atoms with Crippen LogP contribution >= 0.6 is 33.8 Å². The minimum Gasteiger partial charge on any atom is -0.387 e. The first-order valence-electron chi connectivity index (χ1n) is 10.7. The van der Waals surface area contributed by atoms with Crippen LogP contribution < -0.4 is 16.8 Å². The molecule has 1 fully saturated rings. The topological polar surface area (TPSA) is 331 Å². The Labute approximate surface area is 227 Å². The molecule has 0 saturated carbocycles. The number of hydrogen-bond donors (Lipinski definition) is 8. The van der Waals surface area contributed by atoms with Gasteiger partial charge in [-0.05, 0) is 11.4 Å². The van der Waals surface area contributed by atoms with Gasteiger partial charge in [0.25, 0.3) is 0 Å². The smallest absolute Gasteiger partial charge is 0.387 e. The van der Waals surface area contributed by atoms with Gasteiger partial charge >= 0.3 is 22.4 Å². The van der Waals surface area contributed by atoms with E-state index in [1.54, 1.807) is 0 Å². The monoisotopic (exact) mass is 651 g/mol. The number of nitrogen functional groups attached to an aromatic ring is 1. The number of nitrogens with zero attached hydrogens (tertiary/aromatic N) is 4. The van der Waals surface area contributed by atoms with Gasteiger partial charge in [0.05, 0.1) is 24.7 Å². The average molecular weight is 651 g/mol. The van der Waals surface area contributed by atoms with Gasteiger partial charge in [0.1, 0.15) is 36.4 Å². The molecule has 1 amide bonds. The van der Waals surface area contributed by atoms with Crippen molar-refractivity contribution in [2.75, 3.05) is 24.6 Å². The highest BCUT2D eigenvalue weighted by Gasteiger charge is 2.47. The highest BCUT2D eigenvalue weighted by Crippen LogP contribution is 2.71. The number of carbonyl (C=O) groups is 2. The maximum atomic E-state index is 12.2. The van der Waals surface area contributed by atoms with Crippen molar-refractivity contribution >= 4 is 63.0 Å². The number of carbonyl (C=O) groups excluding carboxylic acids is 2. The lowest BCUT2D eigenvalue weighted by Gasteiger charge is -2.20. The van der Waals surface area contributed by atoms with Gasteiger partial charge in [0, 0.05) is 6.54 Å². The van der Waals surface area contributed by atoms with Crippen molar-refractivity contribution in [2.45, 2.75) is 30.6 Å². The maximum Gasteiger partial charge on any atom is 0.488 e. The molecular formula is C15H24N7O14P3S. The van der Waals surface area contributed by atoms with Crippen LogP contribution in [0.5, 0.6) is 0 Å². The molecule has 8 atom stereocenters. The van der Waals surface area contributed by atoms with Gasteiger partial charge in [-0.2, -0.15) is 8.62 Å². The summed E-state index contributed by atoms with van der Waals surface area (Å²) in [6.07, 6.45) is -3.50. The summed E-state index contributed by atoms with van der Waals surface area (Å²) in [5.74, 6) is -1.66. The zero-order chi connectivity index (χ0) is 29.9. The molecule has 40 heavy (non-hydrogen) atoms. The fraction of sp³-hybridized carbons (Fsp3) is 0.533. The van der Waals surface area contributed by atoms with Gasteiger partial charge in [-0.25, -0.2) is 28.6 Å². The van der Waals surface area contributed by atoms with Crippen LogP contribution in [0.3, 0.4) is 0 Å². The standard InChI is InChI=1S/C15H24N7O14P3S/c16-7(2-23)1-18-9(24)4-40-39(31,32)36-38(29,30)35-37(27,28)33-3-8-11(25)12(26)15(34-8)22-6-21-10-13(17)19-5-20-14(10)22/h2,5-8,11-12,15,25-26H,1,3-4,16H2,(H,18,24)(H,27,28)(H,29,30)(H,31,32)(H2,17,19,20)/t7-,8+,11+,12+,15+/m0/s1. The third kappa shape index (κ3) is 8.57. The van der Waals surface area contributed by atoms with Crippen molar-refractivity contribution in [3.05, 3.63) is 12.7 Å².